The van der Waals surface area contributed by atoms with Gasteiger partial charge in [0.15, 0.2) is 0 Å². The highest BCUT2D eigenvalue weighted by Gasteiger charge is 2.31. The van der Waals surface area contributed by atoms with E-state index in [-0.39, 0.29) is 6.04 Å². The summed E-state index contributed by atoms with van der Waals surface area (Å²) >= 11 is 3.29. The summed E-state index contributed by atoms with van der Waals surface area (Å²) in [4.78, 5) is 0. The monoisotopic (exact) mass is 350 g/mol. The van der Waals surface area contributed by atoms with Crippen LogP contribution in [0.4, 0.5) is 18.9 Å². The molecule has 0 bridgehead atoms. The molecule has 1 aromatic rings. The normalized spacial score (nSPS) is 20.9. The third kappa shape index (κ3) is 4.12. The van der Waals surface area contributed by atoms with Crippen molar-refractivity contribution >= 4 is 21.6 Å². The van der Waals surface area contributed by atoms with Crippen LogP contribution in [0.2, 0.25) is 0 Å². The van der Waals surface area contributed by atoms with Crippen molar-refractivity contribution in [3.63, 3.8) is 0 Å². The molecule has 1 heterocycles. The molecule has 2 N–H and O–H groups in total. The molecular formula is C14H18BrF3N2. The van der Waals surface area contributed by atoms with Crippen LogP contribution in [0.1, 0.15) is 31.7 Å². The fourth-order valence-electron chi connectivity index (χ4n) is 2.52. The molecule has 1 fully saturated rings. The maximum atomic E-state index is 12.7. The third-order valence-electron chi connectivity index (χ3n) is 3.50. The van der Waals surface area contributed by atoms with E-state index < -0.39 is 11.7 Å². The number of halogens is 4. The summed E-state index contributed by atoms with van der Waals surface area (Å²) in [5.74, 6) is 0. The van der Waals surface area contributed by atoms with E-state index in [0.717, 1.165) is 31.5 Å². The van der Waals surface area contributed by atoms with Gasteiger partial charge in [-0.15, -0.1) is 0 Å². The first-order valence-electron chi connectivity index (χ1n) is 6.73. The van der Waals surface area contributed by atoms with Crippen LogP contribution in [0.15, 0.2) is 22.7 Å². The summed E-state index contributed by atoms with van der Waals surface area (Å²) in [6, 6.07) is 4.25. The fraction of sp³-hybridized carbons (Fsp3) is 0.571. The molecule has 1 saturated heterocycles. The van der Waals surface area contributed by atoms with E-state index in [9.17, 15) is 13.2 Å². The van der Waals surface area contributed by atoms with Gasteiger partial charge in [-0.1, -0.05) is 0 Å². The molecule has 1 aromatic carbocycles. The topological polar surface area (TPSA) is 24.1 Å². The molecule has 1 aliphatic rings. The van der Waals surface area contributed by atoms with Gasteiger partial charge in [-0.05, 0) is 66.9 Å². The maximum absolute atomic E-state index is 12.7. The Labute approximate surface area is 125 Å². The van der Waals surface area contributed by atoms with Crippen molar-refractivity contribution in [1.29, 1.82) is 0 Å². The minimum atomic E-state index is -4.31. The summed E-state index contributed by atoms with van der Waals surface area (Å²) in [5.41, 5.74) is -0.139. The molecule has 1 aliphatic heterocycles. The van der Waals surface area contributed by atoms with Gasteiger partial charge in [0.2, 0.25) is 0 Å². The van der Waals surface area contributed by atoms with Crippen molar-refractivity contribution in [3.05, 3.63) is 28.2 Å². The Morgan fingerprint density at radius 3 is 2.80 bits per heavy atom. The highest BCUT2D eigenvalue weighted by Crippen LogP contribution is 2.34. The van der Waals surface area contributed by atoms with Gasteiger partial charge in [0.25, 0.3) is 0 Å². The van der Waals surface area contributed by atoms with Crippen LogP contribution in [0.3, 0.4) is 0 Å². The Hall–Kier alpha value is -0.750. The summed E-state index contributed by atoms with van der Waals surface area (Å²) in [6.45, 7) is 3.03. The molecule has 0 spiro atoms. The SMILES string of the molecule is CC(CC1CCCN1)Nc1cc(C(F)(F)F)ccc1Br. The molecule has 112 valence electrons. The number of hydrogen-bond acceptors (Lipinski definition) is 2. The van der Waals surface area contributed by atoms with E-state index in [1.807, 2.05) is 6.92 Å². The van der Waals surface area contributed by atoms with E-state index in [2.05, 4.69) is 26.6 Å². The van der Waals surface area contributed by atoms with Gasteiger partial charge in [0.1, 0.15) is 0 Å². The molecule has 0 saturated carbocycles. The predicted molar refractivity (Wildman–Crippen MR) is 77.9 cm³/mol. The summed E-state index contributed by atoms with van der Waals surface area (Å²) in [6.07, 6.45) is -1.10. The van der Waals surface area contributed by atoms with Crippen LogP contribution in [0.25, 0.3) is 0 Å². The first-order chi connectivity index (χ1) is 9.36. The van der Waals surface area contributed by atoms with E-state index in [1.54, 1.807) is 0 Å². The summed E-state index contributed by atoms with van der Waals surface area (Å²) < 4.78 is 38.8. The van der Waals surface area contributed by atoms with Crippen LogP contribution >= 0.6 is 15.9 Å². The molecule has 6 heteroatoms. The van der Waals surface area contributed by atoms with Crippen LogP contribution in [-0.2, 0) is 6.18 Å². The van der Waals surface area contributed by atoms with E-state index in [4.69, 9.17) is 0 Å². The van der Waals surface area contributed by atoms with Crippen molar-refractivity contribution in [2.45, 2.75) is 44.4 Å². The average Bonchev–Trinajstić information content (AvgIpc) is 2.83. The first kappa shape index (κ1) is 15.6. The van der Waals surface area contributed by atoms with Crippen molar-refractivity contribution in [2.24, 2.45) is 0 Å². The Balaban J connectivity index is 2.03. The highest BCUT2D eigenvalue weighted by molar-refractivity contribution is 9.10. The van der Waals surface area contributed by atoms with Crippen LogP contribution in [0, 0.1) is 0 Å². The van der Waals surface area contributed by atoms with E-state index in [0.29, 0.717) is 16.2 Å². The molecule has 2 atom stereocenters. The number of rotatable bonds is 4. The second-order valence-corrected chi connectivity index (χ2v) is 6.12. The van der Waals surface area contributed by atoms with Gasteiger partial charge < -0.3 is 10.6 Å². The Morgan fingerprint density at radius 2 is 2.20 bits per heavy atom. The lowest BCUT2D eigenvalue weighted by Crippen LogP contribution is -2.29. The van der Waals surface area contributed by atoms with Gasteiger partial charge in [-0.3, -0.25) is 0 Å². The second-order valence-electron chi connectivity index (χ2n) is 5.27. The largest absolute Gasteiger partial charge is 0.416 e. The van der Waals surface area contributed by atoms with Crippen molar-refractivity contribution in [1.82, 2.24) is 5.32 Å². The van der Waals surface area contributed by atoms with Crippen LogP contribution < -0.4 is 10.6 Å². The molecule has 0 aliphatic carbocycles. The number of benzene rings is 1. The minimum absolute atomic E-state index is 0.116. The maximum Gasteiger partial charge on any atom is 0.416 e. The zero-order chi connectivity index (χ0) is 14.8. The predicted octanol–water partition coefficient (Wildman–Crippen LogP) is 4.41. The Bertz CT molecular complexity index is 456. The van der Waals surface area contributed by atoms with E-state index in [1.165, 1.54) is 12.5 Å². The second kappa shape index (κ2) is 6.35. The first-order valence-corrected chi connectivity index (χ1v) is 7.52. The average molecular weight is 351 g/mol. The summed E-state index contributed by atoms with van der Waals surface area (Å²) in [5, 5.41) is 6.55. The highest BCUT2D eigenvalue weighted by atomic mass is 79.9. The Morgan fingerprint density at radius 1 is 1.45 bits per heavy atom. The van der Waals surface area contributed by atoms with Crippen LogP contribution in [0.5, 0.6) is 0 Å². The minimum Gasteiger partial charge on any atom is -0.382 e. The molecular weight excluding hydrogens is 333 g/mol. The zero-order valence-corrected chi connectivity index (χ0v) is 12.8. The van der Waals surface area contributed by atoms with Crippen LogP contribution in [-0.4, -0.2) is 18.6 Å². The number of alkyl halides is 3. The van der Waals surface area contributed by atoms with Gasteiger partial charge >= 0.3 is 6.18 Å². The van der Waals surface area contributed by atoms with Gasteiger partial charge in [0.05, 0.1) is 5.56 Å². The molecule has 2 nitrogen and oxygen atoms in total. The molecule has 2 rings (SSSR count). The number of nitrogens with one attached hydrogen (secondary N) is 2. The Kier molecular flexibility index (Phi) is 4.96. The lowest BCUT2D eigenvalue weighted by Gasteiger charge is -2.21. The lowest BCUT2D eigenvalue weighted by molar-refractivity contribution is -0.137. The summed E-state index contributed by atoms with van der Waals surface area (Å²) in [7, 11) is 0. The van der Waals surface area contributed by atoms with E-state index >= 15 is 0 Å². The molecule has 2 unspecified atom stereocenters. The van der Waals surface area contributed by atoms with Crippen molar-refractivity contribution < 1.29 is 13.2 Å². The smallest absolute Gasteiger partial charge is 0.382 e. The molecule has 0 radical (unpaired) electrons. The zero-order valence-electron chi connectivity index (χ0n) is 11.2. The molecule has 20 heavy (non-hydrogen) atoms. The lowest BCUT2D eigenvalue weighted by atomic mass is 10.1. The molecule has 0 aromatic heterocycles. The number of anilines is 1. The van der Waals surface area contributed by atoms with Gasteiger partial charge in [0, 0.05) is 22.2 Å². The third-order valence-corrected chi connectivity index (χ3v) is 4.19. The van der Waals surface area contributed by atoms with Crippen molar-refractivity contribution in [3.8, 4) is 0 Å². The molecule has 0 amide bonds. The number of hydrogen-bond donors (Lipinski definition) is 2. The quantitative estimate of drug-likeness (QED) is 0.840. The standard InChI is InChI=1S/C14H18BrF3N2/c1-9(7-11-3-2-6-19-11)20-13-8-10(14(16,17)18)4-5-12(13)15/h4-5,8-9,11,19-20H,2-3,6-7H2,1H3. The van der Waals surface area contributed by atoms with Gasteiger partial charge in [-0.2, -0.15) is 13.2 Å². The fourth-order valence-corrected chi connectivity index (χ4v) is 2.88. The van der Waals surface area contributed by atoms with Gasteiger partial charge in [-0.25, -0.2) is 0 Å². The van der Waals surface area contributed by atoms with Crippen molar-refractivity contribution in [2.75, 3.05) is 11.9 Å².